The third-order valence-electron chi connectivity index (χ3n) is 0.632. The van der Waals surface area contributed by atoms with Crippen LogP contribution >= 0.6 is 0 Å². The van der Waals surface area contributed by atoms with Crippen LogP contribution in [0.4, 0.5) is 0 Å². The molecule has 0 atom stereocenters. The first-order valence-electron chi connectivity index (χ1n) is 4.43. The molecule has 1 N–H and O–H groups in total. The van der Waals surface area contributed by atoms with E-state index in [-0.39, 0.29) is 14.9 Å². The average Bonchev–Trinajstić information content (AvgIpc) is 2.10. The Hall–Kier alpha value is -0.0800. The first-order valence-corrected chi connectivity index (χ1v) is 4.43. The summed E-state index contributed by atoms with van der Waals surface area (Å²) in [5.74, 6) is 0. The standard InChI is InChI=1S/C4H10O.C3H8O.C2H6.2CH4/c1-3-4-5-2;1-2-3-4;1-2;;/h3-4H2,1-2H3;4H,2-3H2,1H3;1-2H3;2*1H4. The van der Waals surface area contributed by atoms with Gasteiger partial charge in [-0.1, -0.05) is 42.5 Å². The van der Waals surface area contributed by atoms with Crippen LogP contribution in [0, 0.1) is 0 Å². The average molecular weight is 196 g/mol. The zero-order chi connectivity index (χ0) is 9.54. The number of methoxy groups -OCH3 is 1. The maximum atomic E-state index is 7.88. The summed E-state index contributed by atoms with van der Waals surface area (Å²) in [4.78, 5) is 0. The molecule has 0 aromatic heterocycles. The SMILES string of the molecule is C.C.CC.CCCO.CCCOC. The predicted octanol–water partition coefficient (Wildman–Crippen LogP) is 3.73. The monoisotopic (exact) mass is 196 g/mol. The minimum atomic E-state index is 0. The number of hydrogen-bond acceptors (Lipinski definition) is 2. The molecule has 88 valence electrons. The van der Waals surface area contributed by atoms with Crippen molar-refractivity contribution in [1.82, 2.24) is 0 Å². The van der Waals surface area contributed by atoms with E-state index in [4.69, 9.17) is 9.84 Å². The van der Waals surface area contributed by atoms with Crippen molar-refractivity contribution in [2.24, 2.45) is 0 Å². The summed E-state index contributed by atoms with van der Waals surface area (Å²) in [5.41, 5.74) is 0. The van der Waals surface area contributed by atoms with Gasteiger partial charge in [-0.05, 0) is 12.8 Å². The maximum Gasteiger partial charge on any atom is 0.0459 e. The van der Waals surface area contributed by atoms with E-state index in [1.165, 1.54) is 0 Å². The lowest BCUT2D eigenvalue weighted by Gasteiger charge is -1.84. The van der Waals surface area contributed by atoms with Gasteiger partial charge >= 0.3 is 0 Å². The number of aliphatic hydroxyl groups excluding tert-OH is 1. The highest BCUT2D eigenvalue weighted by Crippen LogP contribution is 1.70. The van der Waals surface area contributed by atoms with Crippen molar-refractivity contribution >= 4 is 0 Å². The molecule has 0 aliphatic carbocycles. The Morgan fingerprint density at radius 1 is 1.00 bits per heavy atom. The molecule has 0 aromatic rings. The summed E-state index contributed by atoms with van der Waals surface area (Å²) in [7, 11) is 1.71. The van der Waals surface area contributed by atoms with Gasteiger partial charge in [0.05, 0.1) is 0 Å². The molecule has 0 amide bonds. The fourth-order valence-electron chi connectivity index (χ4n) is 0.204. The molecular formula is C11H32O2. The van der Waals surface area contributed by atoms with Crippen molar-refractivity contribution in [2.75, 3.05) is 20.3 Å². The van der Waals surface area contributed by atoms with E-state index in [0.717, 1.165) is 19.4 Å². The summed E-state index contributed by atoms with van der Waals surface area (Å²) < 4.78 is 4.69. The van der Waals surface area contributed by atoms with Gasteiger partial charge in [0.1, 0.15) is 0 Å². The van der Waals surface area contributed by atoms with Gasteiger partial charge in [0.15, 0.2) is 0 Å². The van der Waals surface area contributed by atoms with Crippen LogP contribution in [0.2, 0.25) is 0 Å². The Bertz CT molecular complexity index is 27.3. The molecule has 2 heteroatoms. The molecule has 0 radical (unpaired) electrons. The van der Waals surface area contributed by atoms with Gasteiger partial charge in [0.2, 0.25) is 0 Å². The van der Waals surface area contributed by atoms with E-state index in [1.807, 2.05) is 20.8 Å². The zero-order valence-electron chi connectivity index (χ0n) is 8.68. The van der Waals surface area contributed by atoms with E-state index < -0.39 is 0 Å². The predicted molar refractivity (Wildman–Crippen MR) is 64.4 cm³/mol. The van der Waals surface area contributed by atoms with Crippen LogP contribution in [-0.4, -0.2) is 25.4 Å². The van der Waals surface area contributed by atoms with E-state index in [0.29, 0.717) is 6.61 Å². The number of rotatable bonds is 3. The van der Waals surface area contributed by atoms with Gasteiger partial charge < -0.3 is 9.84 Å². The highest BCUT2D eigenvalue weighted by atomic mass is 16.5. The van der Waals surface area contributed by atoms with Crippen molar-refractivity contribution in [1.29, 1.82) is 0 Å². The highest BCUT2D eigenvalue weighted by Gasteiger charge is 1.66. The van der Waals surface area contributed by atoms with E-state index >= 15 is 0 Å². The molecular weight excluding hydrogens is 164 g/mol. The Morgan fingerprint density at radius 2 is 1.31 bits per heavy atom. The second kappa shape index (κ2) is 58.7. The van der Waals surface area contributed by atoms with Crippen molar-refractivity contribution in [3.05, 3.63) is 0 Å². The van der Waals surface area contributed by atoms with Crippen molar-refractivity contribution < 1.29 is 9.84 Å². The van der Waals surface area contributed by atoms with E-state index in [1.54, 1.807) is 7.11 Å². The Balaban J connectivity index is -0.0000000246. The van der Waals surface area contributed by atoms with Crippen LogP contribution in [0.15, 0.2) is 0 Å². The van der Waals surface area contributed by atoms with Crippen LogP contribution in [-0.2, 0) is 4.74 Å². The normalized spacial score (nSPS) is 6.00. The molecule has 2 nitrogen and oxygen atoms in total. The molecule has 0 aromatic carbocycles. The lowest BCUT2D eigenvalue weighted by molar-refractivity contribution is 0.199. The Labute approximate surface area is 86.3 Å². The van der Waals surface area contributed by atoms with Gasteiger partial charge in [-0.15, -0.1) is 0 Å². The molecule has 0 aliphatic rings. The minimum absolute atomic E-state index is 0. The molecule has 0 saturated carbocycles. The Kier molecular flexibility index (Phi) is 132. The summed E-state index contributed by atoms with van der Waals surface area (Å²) in [6.45, 7) is 9.23. The molecule has 0 bridgehead atoms. The fourth-order valence-corrected chi connectivity index (χ4v) is 0.204. The third kappa shape index (κ3) is 138. The van der Waals surface area contributed by atoms with Gasteiger partial charge in [0.25, 0.3) is 0 Å². The quantitative estimate of drug-likeness (QED) is 0.745. The second-order valence-electron chi connectivity index (χ2n) is 1.72. The van der Waals surface area contributed by atoms with Crippen LogP contribution in [0.1, 0.15) is 55.4 Å². The molecule has 13 heavy (non-hydrogen) atoms. The number of aliphatic hydroxyl groups is 1. The first-order chi connectivity index (χ1) is 5.33. The molecule has 0 unspecified atom stereocenters. The Morgan fingerprint density at radius 3 is 1.31 bits per heavy atom. The van der Waals surface area contributed by atoms with Crippen LogP contribution < -0.4 is 0 Å². The van der Waals surface area contributed by atoms with Crippen molar-refractivity contribution in [3.8, 4) is 0 Å². The minimum Gasteiger partial charge on any atom is -0.396 e. The lowest BCUT2D eigenvalue weighted by Crippen LogP contribution is -1.80. The van der Waals surface area contributed by atoms with Crippen molar-refractivity contribution in [2.45, 2.75) is 55.4 Å². The fraction of sp³-hybridized carbons (Fsp3) is 1.00. The van der Waals surface area contributed by atoms with Gasteiger partial charge in [0, 0.05) is 20.3 Å². The van der Waals surface area contributed by atoms with E-state index in [2.05, 4.69) is 6.92 Å². The smallest absolute Gasteiger partial charge is 0.0459 e. The third-order valence-corrected chi connectivity index (χ3v) is 0.632. The van der Waals surface area contributed by atoms with Crippen LogP contribution in [0.25, 0.3) is 0 Å². The molecule has 0 aliphatic heterocycles. The van der Waals surface area contributed by atoms with Gasteiger partial charge in [-0.25, -0.2) is 0 Å². The molecule has 0 fully saturated rings. The summed E-state index contributed by atoms with van der Waals surface area (Å²) in [6, 6.07) is 0. The van der Waals surface area contributed by atoms with Crippen molar-refractivity contribution in [3.63, 3.8) is 0 Å². The molecule has 0 spiro atoms. The van der Waals surface area contributed by atoms with Gasteiger partial charge in [-0.3, -0.25) is 0 Å². The number of ether oxygens (including phenoxy) is 1. The molecule has 0 heterocycles. The maximum absolute atomic E-state index is 7.88. The summed E-state index contributed by atoms with van der Waals surface area (Å²) in [5, 5.41) is 7.88. The zero-order valence-corrected chi connectivity index (χ0v) is 8.68. The van der Waals surface area contributed by atoms with Crippen LogP contribution in [0.3, 0.4) is 0 Å². The lowest BCUT2D eigenvalue weighted by atomic mass is 10.5. The molecule has 0 rings (SSSR count). The van der Waals surface area contributed by atoms with Crippen LogP contribution in [0.5, 0.6) is 0 Å². The van der Waals surface area contributed by atoms with Gasteiger partial charge in [-0.2, -0.15) is 0 Å². The molecule has 0 saturated heterocycles. The second-order valence-corrected chi connectivity index (χ2v) is 1.72. The topological polar surface area (TPSA) is 29.5 Å². The highest BCUT2D eigenvalue weighted by molar-refractivity contribution is 4.15. The summed E-state index contributed by atoms with van der Waals surface area (Å²) in [6.07, 6.45) is 2.00. The summed E-state index contributed by atoms with van der Waals surface area (Å²) >= 11 is 0. The van der Waals surface area contributed by atoms with E-state index in [9.17, 15) is 0 Å². The first kappa shape index (κ1) is 29.3. The number of hydrogen-bond donors (Lipinski definition) is 1. The largest absolute Gasteiger partial charge is 0.396 e.